The van der Waals surface area contributed by atoms with Gasteiger partial charge in [-0.25, -0.2) is 0 Å². The number of nitrogens with zero attached hydrogens (tertiary/aromatic N) is 2. The molecule has 0 radical (unpaired) electrons. The zero-order valence-electron chi connectivity index (χ0n) is 10.4. The number of nitrogen functional groups attached to an aromatic ring is 1. The third kappa shape index (κ3) is 2.58. The lowest BCUT2D eigenvalue weighted by Gasteiger charge is -2.20. The third-order valence-electron chi connectivity index (χ3n) is 2.67. The summed E-state index contributed by atoms with van der Waals surface area (Å²) >= 11 is 0. The molecule has 0 atom stereocenters. The Hall–Kier alpha value is -1.97. The molecule has 2 rings (SSSR count). The maximum atomic E-state index is 5.96. The van der Waals surface area contributed by atoms with Gasteiger partial charge in [0.2, 0.25) is 0 Å². The molecule has 0 aliphatic carbocycles. The Morgan fingerprint density at radius 1 is 1.29 bits per heavy atom. The number of anilines is 2. The van der Waals surface area contributed by atoms with Crippen molar-refractivity contribution in [3.05, 3.63) is 41.3 Å². The van der Waals surface area contributed by atoms with Crippen LogP contribution in [-0.2, 0) is 6.54 Å². The van der Waals surface area contributed by atoms with E-state index < -0.39 is 0 Å². The molecule has 17 heavy (non-hydrogen) atoms. The Kier molecular flexibility index (Phi) is 3.04. The number of aryl methyl sites for hydroxylation is 2. The fourth-order valence-corrected chi connectivity index (χ4v) is 1.80. The van der Waals surface area contributed by atoms with Crippen molar-refractivity contribution >= 4 is 11.4 Å². The van der Waals surface area contributed by atoms with E-state index in [9.17, 15) is 0 Å². The van der Waals surface area contributed by atoms with Crippen LogP contribution in [0.2, 0.25) is 0 Å². The minimum absolute atomic E-state index is 0.686. The number of hydrogen-bond donors (Lipinski definition) is 1. The Morgan fingerprint density at radius 3 is 2.71 bits per heavy atom. The molecule has 4 nitrogen and oxygen atoms in total. The van der Waals surface area contributed by atoms with Crippen LogP contribution < -0.4 is 10.6 Å². The van der Waals surface area contributed by atoms with E-state index in [1.54, 1.807) is 0 Å². The van der Waals surface area contributed by atoms with E-state index in [1.807, 2.05) is 32.2 Å². The van der Waals surface area contributed by atoms with Gasteiger partial charge >= 0.3 is 0 Å². The SMILES string of the molecule is Cc1ccc(N)c(N(C)Cc2cc(C)on2)c1. The number of benzene rings is 1. The second-order valence-electron chi connectivity index (χ2n) is 4.35. The van der Waals surface area contributed by atoms with Gasteiger partial charge < -0.3 is 15.2 Å². The first kappa shape index (κ1) is 11.5. The normalized spacial score (nSPS) is 10.5. The van der Waals surface area contributed by atoms with Gasteiger partial charge in [0.25, 0.3) is 0 Å². The van der Waals surface area contributed by atoms with Crippen molar-refractivity contribution in [1.82, 2.24) is 5.16 Å². The number of hydrogen-bond acceptors (Lipinski definition) is 4. The maximum absolute atomic E-state index is 5.96. The summed E-state index contributed by atoms with van der Waals surface area (Å²) in [5.74, 6) is 0.825. The molecule has 0 saturated heterocycles. The van der Waals surface area contributed by atoms with E-state index in [2.05, 4.69) is 23.0 Å². The first-order valence-electron chi connectivity index (χ1n) is 5.55. The highest BCUT2D eigenvalue weighted by Crippen LogP contribution is 2.24. The Morgan fingerprint density at radius 2 is 2.06 bits per heavy atom. The predicted molar refractivity (Wildman–Crippen MR) is 68.9 cm³/mol. The van der Waals surface area contributed by atoms with Gasteiger partial charge in [-0.1, -0.05) is 11.2 Å². The number of aromatic nitrogens is 1. The lowest BCUT2D eigenvalue weighted by atomic mass is 10.2. The van der Waals surface area contributed by atoms with Crippen molar-refractivity contribution in [2.24, 2.45) is 0 Å². The average Bonchev–Trinajstić information content (AvgIpc) is 2.67. The molecule has 0 saturated carbocycles. The monoisotopic (exact) mass is 231 g/mol. The molecule has 0 amide bonds. The van der Waals surface area contributed by atoms with Crippen molar-refractivity contribution in [2.75, 3.05) is 17.7 Å². The quantitative estimate of drug-likeness (QED) is 0.825. The summed E-state index contributed by atoms with van der Waals surface area (Å²) in [6, 6.07) is 7.94. The van der Waals surface area contributed by atoms with Crippen LogP contribution in [0.25, 0.3) is 0 Å². The van der Waals surface area contributed by atoms with Gasteiger partial charge in [-0.3, -0.25) is 0 Å². The Balaban J connectivity index is 2.19. The van der Waals surface area contributed by atoms with Crippen LogP contribution in [0.5, 0.6) is 0 Å². The van der Waals surface area contributed by atoms with Crippen molar-refractivity contribution in [3.63, 3.8) is 0 Å². The van der Waals surface area contributed by atoms with E-state index in [-0.39, 0.29) is 0 Å². The summed E-state index contributed by atoms with van der Waals surface area (Å²) in [5.41, 5.74) is 9.86. The van der Waals surface area contributed by atoms with Crippen LogP contribution >= 0.6 is 0 Å². The smallest absolute Gasteiger partial charge is 0.133 e. The molecular weight excluding hydrogens is 214 g/mol. The van der Waals surface area contributed by atoms with Crippen LogP contribution in [0.4, 0.5) is 11.4 Å². The summed E-state index contributed by atoms with van der Waals surface area (Å²) in [6.45, 7) is 4.62. The van der Waals surface area contributed by atoms with Gasteiger partial charge in [0, 0.05) is 13.1 Å². The molecule has 0 bridgehead atoms. The summed E-state index contributed by atoms with van der Waals surface area (Å²) in [5, 5.41) is 3.98. The van der Waals surface area contributed by atoms with E-state index in [4.69, 9.17) is 10.3 Å². The van der Waals surface area contributed by atoms with Gasteiger partial charge in [0.1, 0.15) is 11.5 Å². The van der Waals surface area contributed by atoms with E-state index in [0.717, 1.165) is 22.8 Å². The highest BCUT2D eigenvalue weighted by atomic mass is 16.5. The molecule has 0 spiro atoms. The zero-order chi connectivity index (χ0) is 12.4. The third-order valence-corrected chi connectivity index (χ3v) is 2.67. The standard InChI is InChI=1S/C13H17N3O/c1-9-4-5-12(14)13(6-9)16(3)8-11-7-10(2)17-15-11/h4-7H,8,14H2,1-3H3. The summed E-state index contributed by atoms with van der Waals surface area (Å²) in [7, 11) is 2.00. The fraction of sp³-hybridized carbons (Fsp3) is 0.308. The second-order valence-corrected chi connectivity index (χ2v) is 4.35. The van der Waals surface area contributed by atoms with Gasteiger partial charge in [-0.15, -0.1) is 0 Å². The second kappa shape index (κ2) is 4.49. The largest absolute Gasteiger partial charge is 0.397 e. The van der Waals surface area contributed by atoms with Gasteiger partial charge in [0.05, 0.1) is 17.9 Å². The molecule has 2 N–H and O–H groups in total. The van der Waals surface area contributed by atoms with Crippen LogP contribution in [-0.4, -0.2) is 12.2 Å². The lowest BCUT2D eigenvalue weighted by Crippen LogP contribution is -2.18. The number of rotatable bonds is 3. The molecule has 1 aromatic carbocycles. The summed E-state index contributed by atoms with van der Waals surface area (Å²) in [4.78, 5) is 2.07. The zero-order valence-corrected chi connectivity index (χ0v) is 10.4. The van der Waals surface area contributed by atoms with Gasteiger partial charge in [-0.2, -0.15) is 0 Å². The highest BCUT2D eigenvalue weighted by molar-refractivity contribution is 5.68. The Bertz CT molecular complexity index is 519. The van der Waals surface area contributed by atoms with Crippen LogP contribution in [0.3, 0.4) is 0 Å². The van der Waals surface area contributed by atoms with Crippen LogP contribution in [0.15, 0.2) is 28.8 Å². The minimum atomic E-state index is 0.686. The first-order valence-corrected chi connectivity index (χ1v) is 5.55. The molecule has 4 heteroatoms. The van der Waals surface area contributed by atoms with Crippen molar-refractivity contribution in [2.45, 2.75) is 20.4 Å². The van der Waals surface area contributed by atoms with E-state index >= 15 is 0 Å². The molecular formula is C13H17N3O. The topological polar surface area (TPSA) is 55.3 Å². The Labute approximate surface area is 101 Å². The average molecular weight is 231 g/mol. The molecule has 1 aromatic heterocycles. The molecule has 0 aliphatic heterocycles. The van der Waals surface area contributed by atoms with E-state index in [1.165, 1.54) is 5.56 Å². The van der Waals surface area contributed by atoms with Crippen molar-refractivity contribution < 1.29 is 4.52 Å². The minimum Gasteiger partial charge on any atom is -0.397 e. The van der Waals surface area contributed by atoms with Crippen LogP contribution in [0, 0.1) is 13.8 Å². The van der Waals surface area contributed by atoms with E-state index in [0.29, 0.717) is 6.54 Å². The first-order chi connectivity index (χ1) is 8.06. The van der Waals surface area contributed by atoms with Gasteiger partial charge in [-0.05, 0) is 31.5 Å². The molecule has 0 unspecified atom stereocenters. The molecule has 90 valence electrons. The maximum Gasteiger partial charge on any atom is 0.133 e. The molecule has 2 aromatic rings. The predicted octanol–water partition coefficient (Wildman–Crippen LogP) is 2.51. The number of nitrogens with two attached hydrogens (primary N) is 1. The summed E-state index contributed by atoms with van der Waals surface area (Å²) in [6.07, 6.45) is 0. The molecule has 1 heterocycles. The lowest BCUT2D eigenvalue weighted by molar-refractivity contribution is 0.390. The molecule has 0 aliphatic rings. The summed E-state index contributed by atoms with van der Waals surface area (Å²) < 4.78 is 5.05. The molecule has 0 fully saturated rings. The highest BCUT2D eigenvalue weighted by Gasteiger charge is 2.08. The van der Waals surface area contributed by atoms with Crippen molar-refractivity contribution in [1.29, 1.82) is 0 Å². The van der Waals surface area contributed by atoms with Crippen LogP contribution in [0.1, 0.15) is 17.0 Å². The van der Waals surface area contributed by atoms with Gasteiger partial charge in [0.15, 0.2) is 0 Å². The van der Waals surface area contributed by atoms with Crippen molar-refractivity contribution in [3.8, 4) is 0 Å². The fourth-order valence-electron chi connectivity index (χ4n) is 1.80.